The molecule has 0 saturated heterocycles. The summed E-state index contributed by atoms with van der Waals surface area (Å²) >= 11 is 13.2. The summed E-state index contributed by atoms with van der Waals surface area (Å²) < 4.78 is 0. The van der Waals surface area contributed by atoms with Crippen molar-refractivity contribution in [2.45, 2.75) is 55.4 Å². The van der Waals surface area contributed by atoms with Crippen molar-refractivity contribution in [2.24, 2.45) is 10.8 Å². The van der Waals surface area contributed by atoms with Crippen LogP contribution in [0.3, 0.4) is 0 Å². The summed E-state index contributed by atoms with van der Waals surface area (Å²) in [4.78, 5) is 0. The van der Waals surface area contributed by atoms with Gasteiger partial charge in [-0.05, 0) is 38.8 Å². The van der Waals surface area contributed by atoms with Crippen LogP contribution in [0.1, 0.15) is 55.4 Å². The molecule has 0 aliphatic heterocycles. The van der Waals surface area contributed by atoms with Gasteiger partial charge < -0.3 is 0 Å². The van der Waals surface area contributed by atoms with Crippen LogP contribution in [0.2, 0.25) is 0 Å². The van der Waals surface area contributed by atoms with Gasteiger partial charge in [-0.3, -0.25) is 0 Å². The van der Waals surface area contributed by atoms with E-state index in [0.29, 0.717) is 0 Å². The molecule has 120 valence electrons. The van der Waals surface area contributed by atoms with Crippen molar-refractivity contribution in [3.8, 4) is 0 Å². The zero-order valence-corrected chi connectivity index (χ0v) is 21.5. The number of rotatable bonds is 2. The second-order valence-electron chi connectivity index (χ2n) is 7.51. The van der Waals surface area contributed by atoms with E-state index in [1.54, 1.807) is 0 Å². The van der Waals surface area contributed by atoms with Crippen molar-refractivity contribution in [1.82, 2.24) is 0 Å². The molecule has 2 aliphatic carbocycles. The minimum Gasteiger partial charge on any atom is -0.0879 e. The van der Waals surface area contributed by atoms with Crippen molar-refractivity contribution < 1.29 is 25.8 Å². The first-order chi connectivity index (χ1) is 9.44. The summed E-state index contributed by atoms with van der Waals surface area (Å²) in [7, 11) is -0.552. The molecule has 0 unspecified atom stereocenters. The fraction of sp³-hybridized carbons (Fsp3) is 0.556. The first-order valence-electron chi connectivity index (χ1n) is 7.59. The first-order valence-corrected chi connectivity index (χ1v) is 9.76. The molecule has 0 spiro atoms. The van der Waals surface area contributed by atoms with Gasteiger partial charge in [-0.15, -0.1) is 0 Å². The zero-order chi connectivity index (χ0) is 16.3. The number of halogens is 2. The van der Waals surface area contributed by atoms with Gasteiger partial charge >= 0.3 is 0 Å². The van der Waals surface area contributed by atoms with Crippen LogP contribution in [-0.2, 0) is 25.8 Å². The fourth-order valence-corrected chi connectivity index (χ4v) is 6.94. The number of hydrogen-bond acceptors (Lipinski definition) is 0. The van der Waals surface area contributed by atoms with E-state index in [4.69, 9.17) is 23.2 Å². The quantitative estimate of drug-likeness (QED) is 0.404. The predicted molar refractivity (Wildman–Crippen MR) is 98.6 cm³/mol. The minimum absolute atomic E-state index is 0. The van der Waals surface area contributed by atoms with Gasteiger partial charge in [0.1, 0.15) is 0 Å². The molecular weight excluding hydrogens is 494 g/mol. The molecule has 0 aromatic rings. The van der Waals surface area contributed by atoms with Crippen molar-refractivity contribution >= 4 is 32.7 Å². The van der Waals surface area contributed by atoms with E-state index in [1.165, 1.54) is 32.7 Å². The topological polar surface area (TPSA) is 0 Å². The molecule has 0 heterocycles. The maximum atomic E-state index is 6.59. The standard InChI is InChI=1S/C18H26Cl2Si.Hf/c1-9-13(11(3)17(5,6)15(9)19)21-14-10(2)16(20)18(7,8)12(14)4;/h21H2,1-8H3;. The Morgan fingerprint density at radius 1 is 0.682 bits per heavy atom. The summed E-state index contributed by atoms with van der Waals surface area (Å²) in [5, 5.41) is 5.10. The van der Waals surface area contributed by atoms with Gasteiger partial charge in [0.2, 0.25) is 0 Å². The minimum atomic E-state index is -0.552. The van der Waals surface area contributed by atoms with Crippen LogP contribution in [0.15, 0.2) is 42.7 Å². The van der Waals surface area contributed by atoms with E-state index in [-0.39, 0.29) is 36.7 Å². The molecule has 0 fully saturated rings. The fourth-order valence-electron chi connectivity index (χ4n) is 3.56. The van der Waals surface area contributed by atoms with Gasteiger partial charge in [-0.25, -0.2) is 0 Å². The van der Waals surface area contributed by atoms with Crippen molar-refractivity contribution in [1.29, 1.82) is 0 Å². The molecule has 0 nitrogen and oxygen atoms in total. The van der Waals surface area contributed by atoms with Crippen LogP contribution in [-0.4, -0.2) is 9.52 Å². The molecule has 0 amide bonds. The molecule has 22 heavy (non-hydrogen) atoms. The predicted octanol–water partition coefficient (Wildman–Crippen LogP) is 5.81. The monoisotopic (exact) mass is 520 g/mol. The van der Waals surface area contributed by atoms with Crippen molar-refractivity contribution in [2.75, 3.05) is 0 Å². The molecular formula is C18H26Cl2HfSi. The molecule has 0 N–H and O–H groups in total. The largest absolute Gasteiger partial charge is 0.0882 e. The maximum absolute atomic E-state index is 6.59. The van der Waals surface area contributed by atoms with Gasteiger partial charge in [0.25, 0.3) is 0 Å². The van der Waals surface area contributed by atoms with E-state index in [1.807, 2.05) is 0 Å². The van der Waals surface area contributed by atoms with Gasteiger partial charge in [0.15, 0.2) is 0 Å². The Morgan fingerprint density at radius 3 is 1.14 bits per heavy atom. The van der Waals surface area contributed by atoms with Crippen LogP contribution in [0, 0.1) is 10.8 Å². The normalized spacial score (nSPS) is 23.7. The molecule has 4 heteroatoms. The Labute approximate surface area is 166 Å². The van der Waals surface area contributed by atoms with E-state index < -0.39 is 9.52 Å². The van der Waals surface area contributed by atoms with Gasteiger partial charge in [0, 0.05) is 46.7 Å². The zero-order valence-electron chi connectivity index (χ0n) is 15.0. The third-order valence-corrected chi connectivity index (χ3v) is 10.1. The van der Waals surface area contributed by atoms with Gasteiger partial charge in [-0.2, -0.15) is 0 Å². The Hall–Kier alpha value is 0.627. The molecule has 0 aromatic carbocycles. The summed E-state index contributed by atoms with van der Waals surface area (Å²) in [6.45, 7) is 17.8. The molecule has 0 bridgehead atoms. The number of hydrogen-bond donors (Lipinski definition) is 0. The molecule has 0 saturated carbocycles. The average molecular weight is 520 g/mol. The first kappa shape index (κ1) is 20.7. The maximum Gasteiger partial charge on any atom is 0.0882 e. The summed E-state index contributed by atoms with van der Waals surface area (Å²) in [5.74, 6) is 0. The average Bonchev–Trinajstić information content (AvgIpc) is 2.64. The smallest absolute Gasteiger partial charge is 0.0879 e. The summed E-state index contributed by atoms with van der Waals surface area (Å²) in [6.07, 6.45) is 0. The van der Waals surface area contributed by atoms with Crippen molar-refractivity contribution in [3.05, 3.63) is 42.7 Å². The van der Waals surface area contributed by atoms with Crippen LogP contribution < -0.4 is 0 Å². The Kier molecular flexibility index (Phi) is 6.11. The molecule has 0 radical (unpaired) electrons. The number of allylic oxidation sites excluding steroid dienone is 8. The van der Waals surface area contributed by atoms with Crippen LogP contribution in [0.4, 0.5) is 0 Å². The second kappa shape index (κ2) is 6.50. The third kappa shape index (κ3) is 2.87. The van der Waals surface area contributed by atoms with E-state index in [9.17, 15) is 0 Å². The van der Waals surface area contributed by atoms with E-state index in [0.717, 1.165) is 10.1 Å². The molecule has 2 aliphatic rings. The SMILES string of the molecule is CC1=C(Cl)C(C)(C)C(C)=C1[SiH2]C1=C(C)C(C)(C)C(Cl)=C1C.[Hf]. The third-order valence-electron chi connectivity index (χ3n) is 5.80. The van der Waals surface area contributed by atoms with Gasteiger partial charge in [-0.1, -0.05) is 72.4 Å². The van der Waals surface area contributed by atoms with Crippen LogP contribution in [0.25, 0.3) is 0 Å². The van der Waals surface area contributed by atoms with Crippen molar-refractivity contribution in [3.63, 3.8) is 0 Å². The summed E-state index contributed by atoms with van der Waals surface area (Å²) in [6, 6.07) is 0. The van der Waals surface area contributed by atoms with Crippen LogP contribution >= 0.6 is 23.2 Å². The van der Waals surface area contributed by atoms with E-state index >= 15 is 0 Å². The Morgan fingerprint density at radius 2 is 0.955 bits per heavy atom. The van der Waals surface area contributed by atoms with E-state index in [2.05, 4.69) is 55.4 Å². The Bertz CT molecular complexity index is 590. The molecule has 0 aromatic heterocycles. The summed E-state index contributed by atoms with van der Waals surface area (Å²) in [5.41, 5.74) is 5.51. The second-order valence-corrected chi connectivity index (χ2v) is 10.0. The molecule has 0 atom stereocenters. The molecule has 2 rings (SSSR count). The van der Waals surface area contributed by atoms with Crippen LogP contribution in [0.5, 0.6) is 0 Å². The Balaban J connectivity index is 0.00000242. The van der Waals surface area contributed by atoms with Gasteiger partial charge in [0.05, 0.1) is 9.52 Å².